The molecule has 1 fully saturated rings. The first-order valence-corrected chi connectivity index (χ1v) is 5.84. The average Bonchev–Trinajstić information content (AvgIpc) is 2.92. The molecule has 2 aromatic heterocycles. The fraction of sp³-hybridized carbons (Fsp3) is 0.400. The van der Waals surface area contributed by atoms with Gasteiger partial charge in [0.1, 0.15) is 4.83 Å². The van der Waals surface area contributed by atoms with Crippen LogP contribution in [-0.4, -0.2) is 16.6 Å². The van der Waals surface area contributed by atoms with Gasteiger partial charge in [-0.2, -0.15) is 4.98 Å². The lowest BCUT2D eigenvalue weighted by Crippen LogP contribution is -2.03. The lowest BCUT2D eigenvalue weighted by molar-refractivity contribution is 0.292. The van der Waals surface area contributed by atoms with Crippen molar-refractivity contribution in [2.45, 2.75) is 12.8 Å². The summed E-state index contributed by atoms with van der Waals surface area (Å²) in [5, 5.41) is 2.94. The fourth-order valence-electron chi connectivity index (χ4n) is 1.44. The zero-order chi connectivity index (χ0) is 10.3. The predicted octanol–water partition coefficient (Wildman–Crippen LogP) is 2.06. The van der Waals surface area contributed by atoms with Gasteiger partial charge < -0.3 is 10.5 Å². The second kappa shape index (κ2) is 3.34. The molecular weight excluding hydrogens is 210 g/mol. The first kappa shape index (κ1) is 8.91. The standard InChI is InChI=1S/C10H11N3OS/c11-10-12-8(14-5-6-1-2-6)7-3-4-15-9(7)13-10/h3-4,6H,1-2,5H2,(H2,11,12,13). The third-order valence-corrected chi connectivity index (χ3v) is 3.27. The molecule has 1 aliphatic rings. The van der Waals surface area contributed by atoms with Crippen LogP contribution in [0.1, 0.15) is 12.8 Å². The Hall–Kier alpha value is -1.36. The summed E-state index contributed by atoms with van der Waals surface area (Å²) >= 11 is 1.55. The Labute approximate surface area is 91.1 Å². The number of fused-ring (bicyclic) bond motifs is 1. The summed E-state index contributed by atoms with van der Waals surface area (Å²) in [4.78, 5) is 9.17. The van der Waals surface area contributed by atoms with Gasteiger partial charge in [0.2, 0.25) is 11.8 Å². The molecule has 2 heterocycles. The van der Waals surface area contributed by atoms with Crippen LogP contribution in [0.4, 0.5) is 5.95 Å². The summed E-state index contributed by atoms with van der Waals surface area (Å²) in [6.07, 6.45) is 2.54. The Morgan fingerprint density at radius 3 is 3.13 bits per heavy atom. The number of thiophene rings is 1. The summed E-state index contributed by atoms with van der Waals surface area (Å²) in [6, 6.07) is 1.97. The van der Waals surface area contributed by atoms with Gasteiger partial charge in [-0.1, -0.05) is 0 Å². The number of nitrogen functional groups attached to an aromatic ring is 1. The van der Waals surface area contributed by atoms with Crippen LogP contribution in [-0.2, 0) is 0 Å². The van der Waals surface area contributed by atoms with Crippen molar-refractivity contribution in [2.24, 2.45) is 5.92 Å². The zero-order valence-electron chi connectivity index (χ0n) is 8.14. The molecule has 0 saturated heterocycles. The lowest BCUT2D eigenvalue weighted by Gasteiger charge is -2.05. The Morgan fingerprint density at radius 2 is 2.33 bits per heavy atom. The number of aromatic nitrogens is 2. The maximum absolute atomic E-state index is 5.66. The van der Waals surface area contributed by atoms with Crippen molar-refractivity contribution >= 4 is 27.5 Å². The topological polar surface area (TPSA) is 61.0 Å². The monoisotopic (exact) mass is 221 g/mol. The van der Waals surface area contributed by atoms with E-state index in [1.54, 1.807) is 11.3 Å². The van der Waals surface area contributed by atoms with Crippen LogP contribution >= 0.6 is 11.3 Å². The van der Waals surface area contributed by atoms with Crippen LogP contribution in [0, 0.1) is 5.92 Å². The number of nitrogens with zero attached hydrogens (tertiary/aromatic N) is 2. The highest BCUT2D eigenvalue weighted by Crippen LogP contribution is 2.32. The van der Waals surface area contributed by atoms with E-state index in [1.807, 2.05) is 11.4 Å². The maximum Gasteiger partial charge on any atom is 0.227 e. The molecule has 78 valence electrons. The van der Waals surface area contributed by atoms with Crippen molar-refractivity contribution in [1.29, 1.82) is 0 Å². The zero-order valence-corrected chi connectivity index (χ0v) is 8.96. The Kier molecular flexibility index (Phi) is 1.98. The normalized spacial score (nSPS) is 15.7. The molecule has 15 heavy (non-hydrogen) atoms. The summed E-state index contributed by atoms with van der Waals surface area (Å²) in [6.45, 7) is 0.751. The highest BCUT2D eigenvalue weighted by molar-refractivity contribution is 7.16. The lowest BCUT2D eigenvalue weighted by atomic mass is 10.4. The molecule has 0 atom stereocenters. The summed E-state index contributed by atoms with van der Waals surface area (Å²) in [5.41, 5.74) is 5.61. The molecule has 0 aromatic carbocycles. The maximum atomic E-state index is 5.66. The predicted molar refractivity (Wildman–Crippen MR) is 60.0 cm³/mol. The molecule has 5 heteroatoms. The number of ether oxygens (including phenoxy) is 1. The SMILES string of the molecule is Nc1nc(OCC2CC2)c2ccsc2n1. The highest BCUT2D eigenvalue weighted by atomic mass is 32.1. The minimum atomic E-state index is 0.288. The van der Waals surface area contributed by atoms with Gasteiger partial charge in [0.15, 0.2) is 0 Å². The first-order valence-electron chi connectivity index (χ1n) is 4.96. The van der Waals surface area contributed by atoms with Crippen LogP contribution in [0.15, 0.2) is 11.4 Å². The third-order valence-electron chi connectivity index (χ3n) is 2.46. The minimum Gasteiger partial charge on any atom is -0.477 e. The third kappa shape index (κ3) is 1.74. The van der Waals surface area contributed by atoms with E-state index in [1.165, 1.54) is 12.8 Å². The van der Waals surface area contributed by atoms with Gasteiger partial charge in [-0.25, -0.2) is 4.98 Å². The van der Waals surface area contributed by atoms with Gasteiger partial charge in [-0.15, -0.1) is 11.3 Å². The van der Waals surface area contributed by atoms with Gasteiger partial charge >= 0.3 is 0 Å². The highest BCUT2D eigenvalue weighted by Gasteiger charge is 2.22. The first-order chi connectivity index (χ1) is 7.33. The van der Waals surface area contributed by atoms with E-state index in [2.05, 4.69) is 9.97 Å². The van der Waals surface area contributed by atoms with E-state index in [-0.39, 0.29) is 5.95 Å². The van der Waals surface area contributed by atoms with Crippen molar-refractivity contribution in [3.8, 4) is 5.88 Å². The molecule has 4 nitrogen and oxygen atoms in total. The van der Waals surface area contributed by atoms with Gasteiger partial charge in [0.05, 0.1) is 12.0 Å². The van der Waals surface area contributed by atoms with Crippen molar-refractivity contribution in [3.05, 3.63) is 11.4 Å². The van der Waals surface area contributed by atoms with Crippen LogP contribution < -0.4 is 10.5 Å². The number of nitrogens with two attached hydrogens (primary N) is 1. The molecule has 0 unspecified atom stereocenters. The van der Waals surface area contributed by atoms with E-state index in [4.69, 9.17) is 10.5 Å². The summed E-state index contributed by atoms with van der Waals surface area (Å²) in [5.74, 6) is 1.64. The second-order valence-electron chi connectivity index (χ2n) is 3.78. The minimum absolute atomic E-state index is 0.288. The second-order valence-corrected chi connectivity index (χ2v) is 4.68. The van der Waals surface area contributed by atoms with Crippen molar-refractivity contribution in [2.75, 3.05) is 12.3 Å². The molecule has 1 saturated carbocycles. The molecule has 2 aromatic rings. The average molecular weight is 221 g/mol. The number of hydrogen-bond donors (Lipinski definition) is 1. The molecular formula is C10H11N3OS. The molecule has 3 rings (SSSR count). The van der Waals surface area contributed by atoms with Crippen molar-refractivity contribution < 1.29 is 4.74 Å². The number of hydrogen-bond acceptors (Lipinski definition) is 5. The van der Waals surface area contributed by atoms with Gasteiger partial charge in [-0.3, -0.25) is 0 Å². The quantitative estimate of drug-likeness (QED) is 0.861. The van der Waals surface area contributed by atoms with Crippen molar-refractivity contribution in [3.63, 3.8) is 0 Å². The van der Waals surface area contributed by atoms with Crippen LogP contribution in [0.2, 0.25) is 0 Å². The Morgan fingerprint density at radius 1 is 1.47 bits per heavy atom. The molecule has 0 bridgehead atoms. The summed E-state index contributed by atoms with van der Waals surface area (Å²) < 4.78 is 5.66. The molecule has 2 N–H and O–H groups in total. The van der Waals surface area contributed by atoms with E-state index in [9.17, 15) is 0 Å². The number of rotatable bonds is 3. The van der Waals surface area contributed by atoms with Gasteiger partial charge in [0.25, 0.3) is 0 Å². The van der Waals surface area contributed by atoms with Crippen LogP contribution in [0.25, 0.3) is 10.2 Å². The molecule has 0 radical (unpaired) electrons. The number of anilines is 1. The molecule has 0 spiro atoms. The fourth-order valence-corrected chi connectivity index (χ4v) is 2.20. The van der Waals surface area contributed by atoms with Crippen LogP contribution in [0.5, 0.6) is 5.88 Å². The molecule has 0 amide bonds. The van der Waals surface area contributed by atoms with Crippen molar-refractivity contribution in [1.82, 2.24) is 9.97 Å². The van der Waals surface area contributed by atoms with E-state index < -0.39 is 0 Å². The largest absolute Gasteiger partial charge is 0.477 e. The van der Waals surface area contributed by atoms with E-state index in [0.29, 0.717) is 5.88 Å². The van der Waals surface area contributed by atoms with Crippen LogP contribution in [0.3, 0.4) is 0 Å². The molecule has 1 aliphatic carbocycles. The van der Waals surface area contributed by atoms with E-state index >= 15 is 0 Å². The Bertz CT molecular complexity index is 492. The molecule has 0 aliphatic heterocycles. The van der Waals surface area contributed by atoms with E-state index in [0.717, 1.165) is 22.7 Å². The summed E-state index contributed by atoms with van der Waals surface area (Å²) in [7, 11) is 0. The van der Waals surface area contributed by atoms with Gasteiger partial charge in [0, 0.05) is 0 Å². The smallest absolute Gasteiger partial charge is 0.227 e. The Balaban J connectivity index is 1.95. The van der Waals surface area contributed by atoms with Gasteiger partial charge in [-0.05, 0) is 30.2 Å².